The van der Waals surface area contributed by atoms with Gasteiger partial charge in [0.1, 0.15) is 0 Å². The molecule has 0 aromatic heterocycles. The Kier molecular flexibility index (Phi) is 5.44. The van der Waals surface area contributed by atoms with Gasteiger partial charge in [-0.15, -0.1) is 12.4 Å². The van der Waals surface area contributed by atoms with Gasteiger partial charge in [-0.25, -0.2) is 4.99 Å². The second-order valence-electron chi connectivity index (χ2n) is 5.09. The maximum atomic E-state index is 5.33. The number of halogens is 1. The summed E-state index contributed by atoms with van der Waals surface area (Å²) in [5.74, 6) is 0.171. The Morgan fingerprint density at radius 3 is 1.69 bits per heavy atom. The maximum Gasteiger partial charge on any atom is 0.186 e. The van der Waals surface area contributed by atoms with Gasteiger partial charge >= 0.3 is 0 Å². The number of hydrogen-bond donors (Lipinski definition) is 2. The molecule has 0 radical (unpaired) electrons. The summed E-state index contributed by atoms with van der Waals surface area (Å²) in [6.45, 7) is 10.6. The molecule has 13 heavy (non-hydrogen) atoms. The Balaban J connectivity index is 0. The molecule has 0 unspecified atom stereocenters. The van der Waals surface area contributed by atoms with Crippen LogP contribution >= 0.6 is 12.4 Å². The molecule has 0 aliphatic carbocycles. The molecule has 4 N–H and O–H groups in total. The van der Waals surface area contributed by atoms with Crippen LogP contribution in [0.2, 0.25) is 0 Å². The van der Waals surface area contributed by atoms with Gasteiger partial charge in [0.15, 0.2) is 5.96 Å². The fourth-order valence-corrected chi connectivity index (χ4v) is 1.69. The van der Waals surface area contributed by atoms with Gasteiger partial charge in [0, 0.05) is 0 Å². The first-order valence-corrected chi connectivity index (χ1v) is 4.23. The number of rotatable bonds is 2. The zero-order valence-electron chi connectivity index (χ0n) is 9.22. The molecule has 0 aromatic rings. The van der Waals surface area contributed by atoms with Crippen LogP contribution in [0, 0.1) is 5.41 Å². The summed E-state index contributed by atoms with van der Waals surface area (Å²) in [6, 6.07) is 0. The van der Waals surface area contributed by atoms with Crippen LogP contribution in [-0.2, 0) is 0 Å². The highest BCUT2D eigenvalue weighted by Gasteiger charge is 2.24. The van der Waals surface area contributed by atoms with E-state index in [2.05, 4.69) is 25.8 Å². The third-order valence-corrected chi connectivity index (χ3v) is 1.39. The summed E-state index contributed by atoms with van der Waals surface area (Å²) >= 11 is 0. The van der Waals surface area contributed by atoms with E-state index in [-0.39, 0.29) is 29.3 Å². The molecule has 0 aliphatic rings. The van der Waals surface area contributed by atoms with Crippen LogP contribution in [0.4, 0.5) is 0 Å². The first-order chi connectivity index (χ1) is 5.12. The Morgan fingerprint density at radius 1 is 1.08 bits per heavy atom. The molecule has 0 aliphatic heterocycles. The minimum Gasteiger partial charge on any atom is -0.370 e. The molecule has 80 valence electrons. The average Bonchev–Trinajstić information content (AvgIpc) is 1.48. The molecule has 0 saturated carbocycles. The number of hydrogen-bond acceptors (Lipinski definition) is 1. The van der Waals surface area contributed by atoms with Crippen molar-refractivity contribution in [3.63, 3.8) is 0 Å². The zero-order valence-corrected chi connectivity index (χ0v) is 10.0. The largest absolute Gasteiger partial charge is 0.370 e. The van der Waals surface area contributed by atoms with Crippen LogP contribution in [0.15, 0.2) is 4.99 Å². The topological polar surface area (TPSA) is 64.4 Å². The van der Waals surface area contributed by atoms with Crippen molar-refractivity contribution in [3.05, 3.63) is 0 Å². The molecule has 0 atom stereocenters. The van der Waals surface area contributed by atoms with Gasteiger partial charge in [-0.05, 0) is 25.7 Å². The van der Waals surface area contributed by atoms with Crippen molar-refractivity contribution >= 4 is 18.4 Å². The van der Waals surface area contributed by atoms with Gasteiger partial charge in [0.05, 0.1) is 5.54 Å². The monoisotopic (exact) mass is 207 g/mol. The minimum atomic E-state index is -0.156. The fourth-order valence-electron chi connectivity index (χ4n) is 1.69. The summed E-state index contributed by atoms with van der Waals surface area (Å²) < 4.78 is 0. The van der Waals surface area contributed by atoms with E-state index in [0.29, 0.717) is 0 Å². The predicted molar refractivity (Wildman–Crippen MR) is 61.2 cm³/mol. The predicted octanol–water partition coefficient (Wildman–Crippen LogP) is 1.90. The highest BCUT2D eigenvalue weighted by molar-refractivity contribution is 5.85. The van der Waals surface area contributed by atoms with E-state index in [0.717, 1.165) is 6.42 Å². The van der Waals surface area contributed by atoms with E-state index in [1.807, 2.05) is 13.8 Å². The summed E-state index contributed by atoms with van der Waals surface area (Å²) in [4.78, 5) is 4.17. The molecule has 0 amide bonds. The third kappa shape index (κ3) is 9.47. The molecular formula is C9H22ClN3. The lowest BCUT2D eigenvalue weighted by molar-refractivity contribution is 0.288. The van der Waals surface area contributed by atoms with Crippen molar-refractivity contribution in [1.82, 2.24) is 0 Å². The summed E-state index contributed by atoms with van der Waals surface area (Å²) in [5.41, 5.74) is 10.7. The van der Waals surface area contributed by atoms with Crippen LogP contribution in [0.5, 0.6) is 0 Å². The molecular weight excluding hydrogens is 186 g/mol. The number of nitrogens with zero attached hydrogens (tertiary/aromatic N) is 1. The minimum absolute atomic E-state index is 0. The standard InChI is InChI=1S/C9H21N3.ClH/c1-8(2,3)6-9(4,5)12-7(10)11;/h6H2,1-5H3,(H4,10,11,12);1H. The molecule has 3 nitrogen and oxygen atoms in total. The van der Waals surface area contributed by atoms with E-state index in [9.17, 15) is 0 Å². The van der Waals surface area contributed by atoms with Gasteiger partial charge in [-0.1, -0.05) is 20.8 Å². The highest BCUT2D eigenvalue weighted by Crippen LogP contribution is 2.29. The van der Waals surface area contributed by atoms with E-state index in [4.69, 9.17) is 11.5 Å². The fraction of sp³-hybridized carbons (Fsp3) is 0.889. The average molecular weight is 208 g/mol. The highest BCUT2D eigenvalue weighted by atomic mass is 35.5. The molecule has 4 heteroatoms. The Morgan fingerprint density at radius 2 is 1.46 bits per heavy atom. The second kappa shape index (κ2) is 4.70. The SMILES string of the molecule is CC(C)(C)CC(C)(C)N=C(N)N.Cl. The van der Waals surface area contributed by atoms with Crippen LogP contribution in [0.3, 0.4) is 0 Å². The number of guanidine groups is 1. The van der Waals surface area contributed by atoms with Crippen molar-refractivity contribution in [2.45, 2.75) is 46.6 Å². The van der Waals surface area contributed by atoms with Crippen LogP contribution in [-0.4, -0.2) is 11.5 Å². The quantitative estimate of drug-likeness (QED) is 0.537. The van der Waals surface area contributed by atoms with E-state index in [1.165, 1.54) is 0 Å². The summed E-state index contributed by atoms with van der Waals surface area (Å²) in [5, 5.41) is 0. The first-order valence-electron chi connectivity index (χ1n) is 4.23. The molecule has 0 fully saturated rings. The summed E-state index contributed by atoms with van der Waals surface area (Å²) in [7, 11) is 0. The normalized spacial score (nSPS) is 11.8. The van der Waals surface area contributed by atoms with E-state index < -0.39 is 0 Å². The smallest absolute Gasteiger partial charge is 0.186 e. The Hall–Kier alpha value is -0.440. The van der Waals surface area contributed by atoms with E-state index in [1.54, 1.807) is 0 Å². The van der Waals surface area contributed by atoms with Gasteiger partial charge in [-0.3, -0.25) is 0 Å². The van der Waals surface area contributed by atoms with Crippen molar-refractivity contribution in [2.75, 3.05) is 0 Å². The zero-order chi connectivity index (χ0) is 9.99. The number of aliphatic imine (C=N–C) groups is 1. The van der Waals surface area contributed by atoms with E-state index >= 15 is 0 Å². The molecule has 0 saturated heterocycles. The van der Waals surface area contributed by atoms with Gasteiger partial charge in [0.2, 0.25) is 0 Å². The van der Waals surface area contributed by atoms with Crippen molar-refractivity contribution < 1.29 is 0 Å². The lowest BCUT2D eigenvalue weighted by Crippen LogP contribution is -2.32. The third-order valence-electron chi connectivity index (χ3n) is 1.39. The Bertz CT molecular complexity index is 176. The first kappa shape index (κ1) is 15.1. The van der Waals surface area contributed by atoms with Crippen LogP contribution in [0.1, 0.15) is 41.0 Å². The lowest BCUT2D eigenvalue weighted by Gasteiger charge is -2.28. The summed E-state index contributed by atoms with van der Waals surface area (Å²) in [6.07, 6.45) is 0.970. The van der Waals surface area contributed by atoms with Crippen LogP contribution in [0.25, 0.3) is 0 Å². The van der Waals surface area contributed by atoms with Gasteiger partial charge in [-0.2, -0.15) is 0 Å². The van der Waals surface area contributed by atoms with Crippen molar-refractivity contribution in [2.24, 2.45) is 21.9 Å². The van der Waals surface area contributed by atoms with Crippen molar-refractivity contribution in [1.29, 1.82) is 0 Å². The molecule has 0 aromatic carbocycles. The maximum absolute atomic E-state index is 5.33. The molecule has 0 rings (SSSR count). The Labute approximate surface area is 87.4 Å². The van der Waals surface area contributed by atoms with Crippen molar-refractivity contribution in [3.8, 4) is 0 Å². The van der Waals surface area contributed by atoms with Crippen LogP contribution < -0.4 is 11.5 Å². The lowest BCUT2D eigenvalue weighted by atomic mass is 9.82. The molecule has 0 bridgehead atoms. The molecule has 0 heterocycles. The van der Waals surface area contributed by atoms with Gasteiger partial charge in [0.25, 0.3) is 0 Å². The molecule has 0 spiro atoms. The second-order valence-corrected chi connectivity index (χ2v) is 5.09. The van der Waals surface area contributed by atoms with Gasteiger partial charge < -0.3 is 11.5 Å². The number of nitrogens with two attached hydrogens (primary N) is 2.